The molecule has 1 aromatic carbocycles. The summed E-state index contributed by atoms with van der Waals surface area (Å²) in [5.74, 6) is 1.02. The molecule has 0 saturated carbocycles. The Bertz CT molecular complexity index is 807. The number of aromatic nitrogens is 2. The fourth-order valence-electron chi connectivity index (χ4n) is 4.43. The number of piperidine rings is 1. The van der Waals surface area contributed by atoms with E-state index in [1.807, 2.05) is 32.0 Å². The van der Waals surface area contributed by atoms with Crippen molar-refractivity contribution in [1.29, 1.82) is 0 Å². The molecule has 7 heteroatoms. The summed E-state index contributed by atoms with van der Waals surface area (Å²) >= 11 is 0. The number of halogens is 1. The number of hydrogen-bond acceptors (Lipinski definition) is 6. The van der Waals surface area contributed by atoms with E-state index in [2.05, 4.69) is 20.0 Å². The Balaban J connectivity index is 1.58. The zero-order valence-electron chi connectivity index (χ0n) is 16.4. The van der Waals surface area contributed by atoms with E-state index in [1.54, 1.807) is 6.07 Å². The third-order valence-electron chi connectivity index (χ3n) is 5.73. The first-order chi connectivity index (χ1) is 13.6. The third kappa shape index (κ3) is 3.69. The molecule has 0 unspecified atom stereocenters. The summed E-state index contributed by atoms with van der Waals surface area (Å²) in [5, 5.41) is 19.2. The van der Waals surface area contributed by atoms with Crippen LogP contribution in [-0.2, 0) is 4.74 Å². The number of morpholine rings is 1. The molecule has 2 atom stereocenters. The van der Waals surface area contributed by atoms with E-state index in [9.17, 15) is 9.50 Å². The summed E-state index contributed by atoms with van der Waals surface area (Å²) in [4.78, 5) is 4.38. The Hall–Kier alpha value is -2.25. The van der Waals surface area contributed by atoms with Gasteiger partial charge in [-0.2, -0.15) is 0 Å². The SMILES string of the molecule is Cc1cc(C)c(-c2ccc(N3CCO[C@@H]4CCN(CCF)C[C@@H]43)nn2)c(O)c1. The van der Waals surface area contributed by atoms with Gasteiger partial charge in [0.1, 0.15) is 12.4 Å². The van der Waals surface area contributed by atoms with Crippen LogP contribution in [0.2, 0.25) is 0 Å². The van der Waals surface area contributed by atoms with Gasteiger partial charge in [-0.1, -0.05) is 6.07 Å². The Morgan fingerprint density at radius 3 is 2.79 bits per heavy atom. The molecule has 2 aromatic rings. The van der Waals surface area contributed by atoms with Crippen LogP contribution >= 0.6 is 0 Å². The van der Waals surface area contributed by atoms with E-state index in [0.717, 1.165) is 48.6 Å². The lowest BCUT2D eigenvalue weighted by Gasteiger charge is -2.47. The van der Waals surface area contributed by atoms with Crippen molar-refractivity contribution in [3.8, 4) is 17.0 Å². The van der Waals surface area contributed by atoms with Crippen LogP contribution in [0.15, 0.2) is 24.3 Å². The number of ether oxygens (including phenoxy) is 1. The molecule has 1 aromatic heterocycles. The molecule has 2 fully saturated rings. The lowest BCUT2D eigenvalue weighted by molar-refractivity contribution is -0.0298. The minimum absolute atomic E-state index is 0.148. The number of phenols is 1. The van der Waals surface area contributed by atoms with Crippen LogP contribution in [0.25, 0.3) is 11.3 Å². The van der Waals surface area contributed by atoms with E-state index in [4.69, 9.17) is 4.74 Å². The van der Waals surface area contributed by atoms with Gasteiger partial charge in [-0.25, -0.2) is 4.39 Å². The minimum Gasteiger partial charge on any atom is -0.507 e. The number of hydrogen-bond donors (Lipinski definition) is 1. The molecular formula is C21H27FN4O2. The van der Waals surface area contributed by atoms with Gasteiger partial charge in [0.2, 0.25) is 0 Å². The zero-order valence-corrected chi connectivity index (χ0v) is 16.4. The Morgan fingerprint density at radius 1 is 1.21 bits per heavy atom. The van der Waals surface area contributed by atoms with Crippen LogP contribution < -0.4 is 4.90 Å². The predicted molar refractivity (Wildman–Crippen MR) is 107 cm³/mol. The maximum absolute atomic E-state index is 12.8. The number of alkyl halides is 1. The molecule has 0 spiro atoms. The van der Waals surface area contributed by atoms with Crippen molar-refractivity contribution in [2.45, 2.75) is 32.4 Å². The van der Waals surface area contributed by atoms with Crippen molar-refractivity contribution in [3.63, 3.8) is 0 Å². The molecule has 4 rings (SSSR count). The standard InChI is InChI=1S/C21H27FN4O2/c1-14-11-15(2)21(18(27)12-14)16-3-4-20(24-23-16)26-9-10-28-19-5-7-25(8-6-22)13-17(19)26/h3-4,11-12,17,19,27H,5-10,13H2,1-2H3/t17-,19+/m0/s1. The Kier molecular flexibility index (Phi) is 5.46. The van der Waals surface area contributed by atoms with Crippen LogP contribution in [-0.4, -0.2) is 71.8 Å². The van der Waals surface area contributed by atoms with Crippen molar-refractivity contribution in [2.75, 3.05) is 44.4 Å². The first-order valence-electron chi connectivity index (χ1n) is 9.87. The largest absolute Gasteiger partial charge is 0.507 e. The first kappa shape index (κ1) is 19.1. The van der Waals surface area contributed by atoms with Crippen molar-refractivity contribution in [2.24, 2.45) is 0 Å². The van der Waals surface area contributed by atoms with Gasteiger partial charge in [-0.05, 0) is 49.6 Å². The van der Waals surface area contributed by atoms with E-state index >= 15 is 0 Å². The summed E-state index contributed by atoms with van der Waals surface area (Å²) in [5.41, 5.74) is 3.36. The van der Waals surface area contributed by atoms with Crippen molar-refractivity contribution < 1.29 is 14.2 Å². The number of nitrogens with zero attached hydrogens (tertiary/aromatic N) is 4. The fraction of sp³-hybridized carbons (Fsp3) is 0.524. The van der Waals surface area contributed by atoms with Crippen LogP contribution in [0, 0.1) is 13.8 Å². The monoisotopic (exact) mass is 386 g/mol. The number of aromatic hydroxyl groups is 1. The van der Waals surface area contributed by atoms with Crippen LogP contribution in [0.4, 0.5) is 10.2 Å². The topological polar surface area (TPSA) is 61.7 Å². The molecule has 6 nitrogen and oxygen atoms in total. The maximum Gasteiger partial charge on any atom is 0.151 e. The molecule has 0 aliphatic carbocycles. The number of anilines is 1. The summed E-state index contributed by atoms with van der Waals surface area (Å²) in [7, 11) is 0. The quantitative estimate of drug-likeness (QED) is 0.872. The molecule has 2 aliphatic heterocycles. The van der Waals surface area contributed by atoms with Gasteiger partial charge in [0, 0.05) is 31.7 Å². The number of phenolic OH excluding ortho intramolecular Hbond substituents is 1. The second kappa shape index (κ2) is 8.01. The molecule has 2 aliphatic rings. The Morgan fingerprint density at radius 2 is 2.07 bits per heavy atom. The highest BCUT2D eigenvalue weighted by Gasteiger charge is 2.37. The lowest BCUT2D eigenvalue weighted by Crippen LogP contribution is -2.60. The van der Waals surface area contributed by atoms with E-state index < -0.39 is 0 Å². The summed E-state index contributed by atoms with van der Waals surface area (Å²) in [6.07, 6.45) is 1.05. The minimum atomic E-state index is -0.327. The normalized spacial score (nSPS) is 22.9. The van der Waals surface area contributed by atoms with Gasteiger partial charge in [-0.3, -0.25) is 4.90 Å². The lowest BCUT2D eigenvalue weighted by atomic mass is 9.98. The molecule has 2 saturated heterocycles. The van der Waals surface area contributed by atoms with Gasteiger partial charge >= 0.3 is 0 Å². The highest BCUT2D eigenvalue weighted by Crippen LogP contribution is 2.33. The number of benzene rings is 1. The van der Waals surface area contributed by atoms with Crippen molar-refractivity contribution in [1.82, 2.24) is 15.1 Å². The Labute approximate surface area is 164 Å². The van der Waals surface area contributed by atoms with Gasteiger partial charge in [0.15, 0.2) is 5.82 Å². The highest BCUT2D eigenvalue weighted by atomic mass is 19.1. The maximum atomic E-state index is 12.8. The number of aryl methyl sites for hydroxylation is 2. The first-order valence-corrected chi connectivity index (χ1v) is 9.87. The van der Waals surface area contributed by atoms with Crippen LogP contribution in [0.5, 0.6) is 5.75 Å². The van der Waals surface area contributed by atoms with Gasteiger partial charge < -0.3 is 14.7 Å². The molecule has 0 amide bonds. The van der Waals surface area contributed by atoms with Crippen LogP contribution in [0.3, 0.4) is 0 Å². The molecular weight excluding hydrogens is 359 g/mol. The average Bonchev–Trinajstić information content (AvgIpc) is 2.67. The molecule has 0 radical (unpaired) electrons. The van der Waals surface area contributed by atoms with E-state index in [-0.39, 0.29) is 24.6 Å². The van der Waals surface area contributed by atoms with Gasteiger partial charge in [0.25, 0.3) is 0 Å². The van der Waals surface area contributed by atoms with Crippen LogP contribution in [0.1, 0.15) is 17.5 Å². The number of likely N-dealkylation sites (tertiary alicyclic amines) is 1. The smallest absolute Gasteiger partial charge is 0.151 e. The average molecular weight is 386 g/mol. The van der Waals surface area contributed by atoms with Gasteiger partial charge in [-0.15, -0.1) is 10.2 Å². The highest BCUT2D eigenvalue weighted by molar-refractivity contribution is 5.71. The zero-order chi connectivity index (χ0) is 19.7. The summed E-state index contributed by atoms with van der Waals surface area (Å²) in [6.45, 7) is 7.10. The van der Waals surface area contributed by atoms with Crippen molar-refractivity contribution in [3.05, 3.63) is 35.4 Å². The summed E-state index contributed by atoms with van der Waals surface area (Å²) in [6, 6.07) is 7.79. The summed E-state index contributed by atoms with van der Waals surface area (Å²) < 4.78 is 18.7. The molecule has 0 bridgehead atoms. The molecule has 28 heavy (non-hydrogen) atoms. The van der Waals surface area contributed by atoms with E-state index in [0.29, 0.717) is 18.8 Å². The second-order valence-corrected chi connectivity index (χ2v) is 7.70. The van der Waals surface area contributed by atoms with Gasteiger partial charge in [0.05, 0.1) is 24.4 Å². The molecule has 150 valence electrons. The third-order valence-corrected chi connectivity index (χ3v) is 5.73. The molecule has 1 N–H and O–H groups in total. The second-order valence-electron chi connectivity index (χ2n) is 7.70. The van der Waals surface area contributed by atoms with E-state index in [1.165, 1.54) is 0 Å². The number of fused-ring (bicyclic) bond motifs is 1. The predicted octanol–water partition coefficient (Wildman–Crippen LogP) is 2.72. The molecule has 3 heterocycles. The fourth-order valence-corrected chi connectivity index (χ4v) is 4.43. The number of rotatable bonds is 4. The van der Waals surface area contributed by atoms with Crippen molar-refractivity contribution >= 4 is 5.82 Å².